The van der Waals surface area contributed by atoms with E-state index in [9.17, 15) is 4.39 Å². The van der Waals surface area contributed by atoms with Crippen LogP contribution in [0.4, 0.5) is 10.3 Å². The summed E-state index contributed by atoms with van der Waals surface area (Å²) in [5.74, 6) is 3.07. The molecule has 0 aliphatic carbocycles. The second-order valence-corrected chi connectivity index (χ2v) is 8.86. The van der Waals surface area contributed by atoms with Crippen molar-refractivity contribution in [3.63, 3.8) is 0 Å². The third-order valence-electron chi connectivity index (χ3n) is 5.81. The Balaban J connectivity index is 1.65. The molecule has 0 amide bonds. The summed E-state index contributed by atoms with van der Waals surface area (Å²) in [5, 5.41) is 0. The number of benzene rings is 1. The highest BCUT2D eigenvalue weighted by atomic mass is 19.1. The second-order valence-electron chi connectivity index (χ2n) is 8.86. The number of hydrogen-bond acceptors (Lipinski definition) is 5. The molecule has 1 saturated heterocycles. The Hall–Kier alpha value is -2.21. The number of hydrogen-bond donors (Lipinski definition) is 0. The molecule has 2 aliphatic heterocycles. The predicted octanol–water partition coefficient (Wildman–Crippen LogP) is 4.66. The molecule has 0 N–H and O–H groups in total. The number of ether oxygens (including phenoxy) is 1. The van der Waals surface area contributed by atoms with Crippen molar-refractivity contribution >= 4 is 5.95 Å². The lowest BCUT2D eigenvalue weighted by molar-refractivity contribution is 0.220. The van der Waals surface area contributed by atoms with Gasteiger partial charge in [-0.1, -0.05) is 20.8 Å². The lowest BCUT2D eigenvalue weighted by Crippen LogP contribution is -2.37. The normalized spacial score (nSPS) is 18.2. The van der Waals surface area contributed by atoms with Crippen molar-refractivity contribution in [3.05, 3.63) is 41.3 Å². The monoisotopic (exact) mass is 398 g/mol. The molecular formula is C23H31FN4O. The third-order valence-corrected chi connectivity index (χ3v) is 5.81. The molecule has 0 radical (unpaired) electrons. The van der Waals surface area contributed by atoms with Gasteiger partial charge in [-0.05, 0) is 48.9 Å². The zero-order chi connectivity index (χ0) is 20.4. The third kappa shape index (κ3) is 4.86. The quantitative estimate of drug-likeness (QED) is 0.733. The Morgan fingerprint density at radius 2 is 1.83 bits per heavy atom. The van der Waals surface area contributed by atoms with Crippen molar-refractivity contribution in [1.82, 2.24) is 14.9 Å². The molecule has 1 fully saturated rings. The van der Waals surface area contributed by atoms with Crippen LogP contribution in [0.25, 0.3) is 0 Å². The van der Waals surface area contributed by atoms with Crippen molar-refractivity contribution in [2.45, 2.75) is 46.6 Å². The number of rotatable bonds is 5. The van der Waals surface area contributed by atoms with Gasteiger partial charge < -0.3 is 9.64 Å². The second kappa shape index (κ2) is 8.66. The molecule has 2 aliphatic rings. The number of nitrogens with zero attached hydrogens (tertiary/aromatic N) is 4. The van der Waals surface area contributed by atoms with Crippen LogP contribution in [0.2, 0.25) is 0 Å². The van der Waals surface area contributed by atoms with E-state index < -0.39 is 0 Å². The van der Waals surface area contributed by atoms with Gasteiger partial charge in [-0.3, -0.25) is 4.90 Å². The maximum absolute atomic E-state index is 13.3. The number of anilines is 1. The van der Waals surface area contributed by atoms with Gasteiger partial charge >= 0.3 is 0 Å². The Morgan fingerprint density at radius 3 is 2.52 bits per heavy atom. The molecule has 156 valence electrons. The minimum absolute atomic E-state index is 0.270. The highest BCUT2D eigenvalue weighted by Gasteiger charge is 2.27. The van der Waals surface area contributed by atoms with E-state index in [1.807, 2.05) is 0 Å². The highest BCUT2D eigenvalue weighted by Crippen LogP contribution is 2.32. The van der Waals surface area contributed by atoms with E-state index in [2.05, 4.69) is 30.6 Å². The maximum atomic E-state index is 13.3. The van der Waals surface area contributed by atoms with Crippen LogP contribution in [0, 0.1) is 17.7 Å². The average Bonchev–Trinajstić information content (AvgIpc) is 2.70. The SMILES string of the molecule is CC(C)CN1CCc2nc(N3CCC(C)CC3)nc(Oc3ccc(F)cc3)c2C1. The predicted molar refractivity (Wildman–Crippen MR) is 113 cm³/mol. The van der Waals surface area contributed by atoms with Crippen LogP contribution in [0.5, 0.6) is 11.6 Å². The van der Waals surface area contributed by atoms with E-state index in [1.165, 1.54) is 12.1 Å². The molecule has 5 nitrogen and oxygen atoms in total. The van der Waals surface area contributed by atoms with Crippen molar-refractivity contribution in [3.8, 4) is 11.6 Å². The van der Waals surface area contributed by atoms with Gasteiger partial charge in [0.2, 0.25) is 11.8 Å². The summed E-state index contributed by atoms with van der Waals surface area (Å²) in [6.45, 7) is 11.6. The summed E-state index contributed by atoms with van der Waals surface area (Å²) >= 11 is 0. The van der Waals surface area contributed by atoms with Crippen LogP contribution in [0.1, 0.15) is 44.9 Å². The molecule has 6 heteroatoms. The minimum Gasteiger partial charge on any atom is -0.438 e. The number of fused-ring (bicyclic) bond motifs is 1. The van der Waals surface area contributed by atoms with E-state index in [0.29, 0.717) is 17.5 Å². The lowest BCUT2D eigenvalue weighted by atomic mass is 9.99. The van der Waals surface area contributed by atoms with E-state index in [-0.39, 0.29) is 5.82 Å². The summed E-state index contributed by atoms with van der Waals surface area (Å²) in [4.78, 5) is 14.5. The van der Waals surface area contributed by atoms with Gasteiger partial charge in [0, 0.05) is 39.1 Å². The summed E-state index contributed by atoms with van der Waals surface area (Å²) in [5.41, 5.74) is 2.15. The van der Waals surface area contributed by atoms with E-state index in [0.717, 1.165) is 75.1 Å². The summed E-state index contributed by atoms with van der Waals surface area (Å²) in [6, 6.07) is 6.14. The summed E-state index contributed by atoms with van der Waals surface area (Å²) in [7, 11) is 0. The van der Waals surface area contributed by atoms with E-state index in [1.54, 1.807) is 12.1 Å². The topological polar surface area (TPSA) is 41.5 Å². The van der Waals surface area contributed by atoms with Gasteiger partial charge in [-0.2, -0.15) is 4.98 Å². The highest BCUT2D eigenvalue weighted by molar-refractivity contribution is 5.43. The first-order valence-corrected chi connectivity index (χ1v) is 10.8. The smallest absolute Gasteiger partial charge is 0.228 e. The zero-order valence-corrected chi connectivity index (χ0v) is 17.7. The minimum atomic E-state index is -0.270. The van der Waals surface area contributed by atoms with Crippen LogP contribution in [0.15, 0.2) is 24.3 Å². The summed E-state index contributed by atoms with van der Waals surface area (Å²) in [6.07, 6.45) is 3.23. The molecule has 2 aromatic rings. The van der Waals surface area contributed by atoms with Gasteiger partial charge in [-0.25, -0.2) is 9.37 Å². The standard InChI is InChI=1S/C23H31FN4O/c1-16(2)14-27-11-10-21-20(15-27)22(29-19-6-4-18(24)5-7-19)26-23(25-21)28-12-8-17(3)9-13-28/h4-7,16-17H,8-15H2,1-3H3. The summed E-state index contributed by atoms with van der Waals surface area (Å²) < 4.78 is 19.5. The van der Waals surface area contributed by atoms with Crippen LogP contribution < -0.4 is 9.64 Å². The van der Waals surface area contributed by atoms with E-state index in [4.69, 9.17) is 14.7 Å². The molecule has 4 rings (SSSR count). The Kier molecular flexibility index (Phi) is 5.99. The molecule has 3 heterocycles. The van der Waals surface area contributed by atoms with Gasteiger partial charge in [0.15, 0.2) is 0 Å². The molecule has 1 aromatic carbocycles. The van der Waals surface area contributed by atoms with Crippen LogP contribution in [-0.4, -0.2) is 41.0 Å². The zero-order valence-electron chi connectivity index (χ0n) is 17.7. The molecule has 0 spiro atoms. The fraction of sp³-hybridized carbons (Fsp3) is 0.565. The fourth-order valence-electron chi connectivity index (χ4n) is 4.15. The van der Waals surface area contributed by atoms with Crippen molar-refractivity contribution in [2.24, 2.45) is 11.8 Å². The van der Waals surface area contributed by atoms with Crippen molar-refractivity contribution in [2.75, 3.05) is 31.1 Å². The fourth-order valence-corrected chi connectivity index (χ4v) is 4.15. The molecular weight excluding hydrogens is 367 g/mol. The van der Waals surface area contributed by atoms with Crippen molar-refractivity contribution in [1.29, 1.82) is 0 Å². The first-order chi connectivity index (χ1) is 14.0. The molecule has 0 saturated carbocycles. The number of piperidine rings is 1. The first kappa shape index (κ1) is 20.1. The average molecular weight is 399 g/mol. The Bertz CT molecular complexity index is 832. The number of halogens is 1. The molecule has 0 atom stereocenters. The maximum Gasteiger partial charge on any atom is 0.228 e. The Labute approximate surface area is 172 Å². The van der Waals surface area contributed by atoms with Gasteiger partial charge in [0.25, 0.3) is 0 Å². The van der Waals surface area contributed by atoms with E-state index >= 15 is 0 Å². The van der Waals surface area contributed by atoms with Gasteiger partial charge in [-0.15, -0.1) is 0 Å². The molecule has 0 bridgehead atoms. The first-order valence-electron chi connectivity index (χ1n) is 10.8. The van der Waals surface area contributed by atoms with Crippen LogP contribution >= 0.6 is 0 Å². The van der Waals surface area contributed by atoms with Gasteiger partial charge in [0.1, 0.15) is 11.6 Å². The van der Waals surface area contributed by atoms with Gasteiger partial charge in [0.05, 0.1) is 11.3 Å². The Morgan fingerprint density at radius 1 is 1.10 bits per heavy atom. The largest absolute Gasteiger partial charge is 0.438 e. The molecule has 29 heavy (non-hydrogen) atoms. The molecule has 0 unspecified atom stereocenters. The van der Waals surface area contributed by atoms with Crippen molar-refractivity contribution < 1.29 is 9.13 Å². The van der Waals surface area contributed by atoms with Crippen LogP contribution in [-0.2, 0) is 13.0 Å². The van der Waals surface area contributed by atoms with Crippen LogP contribution in [0.3, 0.4) is 0 Å². The number of aromatic nitrogens is 2. The lowest BCUT2D eigenvalue weighted by Gasteiger charge is -2.33. The molecule has 1 aromatic heterocycles.